The molecular formula is C16H26N2O. The molecule has 3 heteroatoms. The molecule has 1 fully saturated rings. The van der Waals surface area contributed by atoms with Crippen molar-refractivity contribution in [2.45, 2.75) is 31.8 Å². The molecule has 1 aromatic carbocycles. The maximum Gasteiger partial charge on any atom is 0.0445 e. The van der Waals surface area contributed by atoms with Gasteiger partial charge in [0.25, 0.3) is 0 Å². The molecule has 1 saturated heterocycles. The van der Waals surface area contributed by atoms with Gasteiger partial charge in [0, 0.05) is 25.7 Å². The second-order valence-electron chi connectivity index (χ2n) is 5.53. The van der Waals surface area contributed by atoms with Gasteiger partial charge in [0.05, 0.1) is 0 Å². The van der Waals surface area contributed by atoms with Crippen LogP contribution in [0.1, 0.15) is 24.8 Å². The fraction of sp³-hybridized carbons (Fsp3) is 0.625. The lowest BCUT2D eigenvalue weighted by molar-refractivity contribution is 0.130. The highest BCUT2D eigenvalue weighted by molar-refractivity contribution is 5.14. The van der Waals surface area contributed by atoms with Crippen LogP contribution in [0.15, 0.2) is 30.3 Å². The van der Waals surface area contributed by atoms with Gasteiger partial charge >= 0.3 is 0 Å². The van der Waals surface area contributed by atoms with E-state index in [9.17, 15) is 0 Å². The summed E-state index contributed by atoms with van der Waals surface area (Å²) in [7, 11) is 2.01. The lowest BCUT2D eigenvalue weighted by Crippen LogP contribution is -2.44. The zero-order valence-electron chi connectivity index (χ0n) is 11.9. The largest absolute Gasteiger partial charge is 0.396 e. The summed E-state index contributed by atoms with van der Waals surface area (Å²) in [6.07, 6.45) is 3.40. The number of nitrogens with one attached hydrogen (secondary N) is 1. The Labute approximate surface area is 116 Å². The van der Waals surface area contributed by atoms with Crippen molar-refractivity contribution in [1.29, 1.82) is 0 Å². The molecule has 1 aliphatic heterocycles. The first-order valence-corrected chi connectivity index (χ1v) is 7.38. The SMILES string of the molecule is CN[C@@H](CCO)[C@@H]1CCCN(Cc2ccccc2)C1. The lowest BCUT2D eigenvalue weighted by atomic mass is 9.89. The van der Waals surface area contributed by atoms with Gasteiger partial charge in [0.15, 0.2) is 0 Å². The number of likely N-dealkylation sites (tertiary alicyclic amines) is 1. The van der Waals surface area contributed by atoms with Gasteiger partial charge in [-0.3, -0.25) is 4.90 Å². The summed E-state index contributed by atoms with van der Waals surface area (Å²) < 4.78 is 0. The Bertz CT molecular complexity index is 355. The molecule has 2 N–H and O–H groups in total. The molecular weight excluding hydrogens is 236 g/mol. The van der Waals surface area contributed by atoms with Crippen LogP contribution in [0.4, 0.5) is 0 Å². The second kappa shape index (κ2) is 7.63. The van der Waals surface area contributed by atoms with E-state index in [2.05, 4.69) is 40.5 Å². The van der Waals surface area contributed by atoms with E-state index in [4.69, 9.17) is 5.11 Å². The molecule has 2 rings (SSSR count). The molecule has 3 nitrogen and oxygen atoms in total. The smallest absolute Gasteiger partial charge is 0.0445 e. The average molecular weight is 262 g/mol. The van der Waals surface area contributed by atoms with Crippen molar-refractivity contribution in [3.05, 3.63) is 35.9 Å². The van der Waals surface area contributed by atoms with E-state index in [1.807, 2.05) is 7.05 Å². The number of hydrogen-bond donors (Lipinski definition) is 2. The molecule has 106 valence electrons. The Morgan fingerprint density at radius 3 is 2.84 bits per heavy atom. The van der Waals surface area contributed by atoms with Crippen molar-refractivity contribution < 1.29 is 5.11 Å². The number of hydrogen-bond acceptors (Lipinski definition) is 3. The minimum absolute atomic E-state index is 0.278. The van der Waals surface area contributed by atoms with Crippen LogP contribution >= 0.6 is 0 Å². The van der Waals surface area contributed by atoms with Crippen LogP contribution in [-0.4, -0.2) is 42.8 Å². The number of piperidine rings is 1. The number of benzene rings is 1. The minimum Gasteiger partial charge on any atom is -0.396 e. The van der Waals surface area contributed by atoms with E-state index < -0.39 is 0 Å². The topological polar surface area (TPSA) is 35.5 Å². The van der Waals surface area contributed by atoms with Crippen molar-refractivity contribution in [2.24, 2.45) is 5.92 Å². The summed E-state index contributed by atoms with van der Waals surface area (Å²) in [5.41, 5.74) is 1.39. The molecule has 19 heavy (non-hydrogen) atoms. The highest BCUT2D eigenvalue weighted by atomic mass is 16.3. The quantitative estimate of drug-likeness (QED) is 0.821. The Balaban J connectivity index is 1.89. The fourth-order valence-electron chi connectivity index (χ4n) is 3.16. The molecule has 0 radical (unpaired) electrons. The molecule has 0 bridgehead atoms. The molecule has 0 spiro atoms. The molecule has 0 amide bonds. The highest BCUT2D eigenvalue weighted by Crippen LogP contribution is 2.22. The molecule has 0 saturated carbocycles. The predicted molar refractivity (Wildman–Crippen MR) is 79.0 cm³/mol. The molecule has 1 heterocycles. The van der Waals surface area contributed by atoms with Crippen LogP contribution in [0.3, 0.4) is 0 Å². The van der Waals surface area contributed by atoms with E-state index in [0.717, 1.165) is 19.5 Å². The van der Waals surface area contributed by atoms with Crippen molar-refractivity contribution >= 4 is 0 Å². The van der Waals surface area contributed by atoms with Gasteiger partial charge in [-0.2, -0.15) is 0 Å². The van der Waals surface area contributed by atoms with E-state index in [0.29, 0.717) is 12.0 Å². The van der Waals surface area contributed by atoms with E-state index in [1.54, 1.807) is 0 Å². The lowest BCUT2D eigenvalue weighted by Gasteiger charge is -2.37. The van der Waals surface area contributed by atoms with Gasteiger partial charge in [-0.15, -0.1) is 0 Å². The third kappa shape index (κ3) is 4.30. The molecule has 0 aromatic heterocycles. The van der Waals surface area contributed by atoms with Gasteiger partial charge in [0.2, 0.25) is 0 Å². The average Bonchev–Trinajstić information content (AvgIpc) is 2.46. The van der Waals surface area contributed by atoms with Gasteiger partial charge in [-0.1, -0.05) is 30.3 Å². The zero-order chi connectivity index (χ0) is 13.5. The maximum absolute atomic E-state index is 9.15. The first kappa shape index (κ1) is 14.5. The van der Waals surface area contributed by atoms with Crippen LogP contribution in [0.25, 0.3) is 0 Å². The molecule has 1 aromatic rings. The third-order valence-electron chi connectivity index (χ3n) is 4.17. The minimum atomic E-state index is 0.278. The van der Waals surface area contributed by atoms with Crippen LogP contribution < -0.4 is 5.32 Å². The zero-order valence-corrected chi connectivity index (χ0v) is 11.9. The molecule has 2 atom stereocenters. The maximum atomic E-state index is 9.15. The van der Waals surface area contributed by atoms with Gasteiger partial charge in [-0.05, 0) is 44.3 Å². The molecule has 0 unspecified atom stereocenters. The third-order valence-corrected chi connectivity index (χ3v) is 4.17. The van der Waals surface area contributed by atoms with Crippen molar-refractivity contribution in [3.8, 4) is 0 Å². The van der Waals surface area contributed by atoms with Crippen LogP contribution in [0.5, 0.6) is 0 Å². The fourth-order valence-corrected chi connectivity index (χ4v) is 3.16. The molecule has 1 aliphatic rings. The number of aliphatic hydroxyl groups excluding tert-OH is 1. The number of nitrogens with zero attached hydrogens (tertiary/aromatic N) is 1. The van der Waals surface area contributed by atoms with Gasteiger partial charge in [-0.25, -0.2) is 0 Å². The second-order valence-corrected chi connectivity index (χ2v) is 5.53. The number of aliphatic hydroxyl groups is 1. The van der Waals surface area contributed by atoms with E-state index in [1.165, 1.54) is 24.9 Å². The number of rotatable bonds is 6. The van der Waals surface area contributed by atoms with Gasteiger partial charge < -0.3 is 10.4 Å². The molecule has 0 aliphatic carbocycles. The summed E-state index contributed by atoms with van der Waals surface area (Å²) in [6, 6.07) is 11.1. The summed E-state index contributed by atoms with van der Waals surface area (Å²) in [6.45, 7) is 3.66. The summed E-state index contributed by atoms with van der Waals surface area (Å²) in [5, 5.41) is 12.5. The predicted octanol–water partition coefficient (Wildman–Crippen LogP) is 1.87. The first-order chi connectivity index (χ1) is 9.33. The van der Waals surface area contributed by atoms with Crippen molar-refractivity contribution in [3.63, 3.8) is 0 Å². The summed E-state index contributed by atoms with van der Waals surface area (Å²) in [5.74, 6) is 0.662. The van der Waals surface area contributed by atoms with Crippen LogP contribution in [0, 0.1) is 5.92 Å². The van der Waals surface area contributed by atoms with Gasteiger partial charge in [0.1, 0.15) is 0 Å². The highest BCUT2D eigenvalue weighted by Gasteiger charge is 2.25. The van der Waals surface area contributed by atoms with Crippen LogP contribution in [0.2, 0.25) is 0 Å². The van der Waals surface area contributed by atoms with Crippen LogP contribution in [-0.2, 0) is 6.54 Å². The normalized spacial score (nSPS) is 22.3. The monoisotopic (exact) mass is 262 g/mol. The summed E-state index contributed by atoms with van der Waals surface area (Å²) in [4.78, 5) is 2.55. The standard InChI is InChI=1S/C16H26N2O/c1-17-16(9-11-19)15-8-5-10-18(13-15)12-14-6-3-2-4-7-14/h2-4,6-7,15-17,19H,5,8-13H2,1H3/t15-,16+/m1/s1. The van der Waals surface area contributed by atoms with E-state index >= 15 is 0 Å². The Morgan fingerprint density at radius 2 is 2.16 bits per heavy atom. The van der Waals surface area contributed by atoms with E-state index in [-0.39, 0.29) is 6.61 Å². The summed E-state index contributed by atoms with van der Waals surface area (Å²) >= 11 is 0. The Kier molecular flexibility index (Phi) is 5.83. The Morgan fingerprint density at radius 1 is 1.37 bits per heavy atom. The Hall–Kier alpha value is -0.900. The van der Waals surface area contributed by atoms with Crippen molar-refractivity contribution in [1.82, 2.24) is 10.2 Å². The first-order valence-electron chi connectivity index (χ1n) is 7.38. The van der Waals surface area contributed by atoms with Crippen molar-refractivity contribution in [2.75, 3.05) is 26.7 Å².